The molecular weight excluding hydrogens is 322 g/mol. The minimum atomic E-state index is -3.83. The van der Waals surface area contributed by atoms with Gasteiger partial charge in [-0.05, 0) is 37.1 Å². The lowest BCUT2D eigenvalue weighted by Crippen LogP contribution is -2.41. The highest BCUT2D eigenvalue weighted by atomic mass is 32.2. The molecule has 2 heterocycles. The minimum absolute atomic E-state index is 0.0506. The van der Waals surface area contributed by atoms with E-state index in [2.05, 4.69) is 4.74 Å². The molecule has 122 valence electrons. The van der Waals surface area contributed by atoms with Crippen LogP contribution in [0.15, 0.2) is 44.4 Å². The summed E-state index contributed by atoms with van der Waals surface area (Å²) in [6, 6.07) is 6.17. The van der Waals surface area contributed by atoms with Gasteiger partial charge in [-0.3, -0.25) is 4.79 Å². The van der Waals surface area contributed by atoms with Crippen LogP contribution in [0.2, 0.25) is 0 Å². The number of carbonyl (C=O) groups excluding carboxylic acids is 1. The summed E-state index contributed by atoms with van der Waals surface area (Å²) in [5, 5.41) is 0.500. The van der Waals surface area contributed by atoms with Crippen molar-refractivity contribution in [2.75, 3.05) is 13.7 Å². The molecule has 3 rings (SSSR count). The Morgan fingerprint density at radius 3 is 2.83 bits per heavy atom. The number of nitrogens with zero attached hydrogens (tertiary/aromatic N) is 1. The van der Waals surface area contributed by atoms with E-state index in [0.29, 0.717) is 23.8 Å². The van der Waals surface area contributed by atoms with Gasteiger partial charge in [-0.25, -0.2) is 13.2 Å². The molecule has 0 unspecified atom stereocenters. The van der Waals surface area contributed by atoms with Gasteiger partial charge >= 0.3 is 11.6 Å². The number of benzene rings is 1. The van der Waals surface area contributed by atoms with Gasteiger partial charge in [-0.2, -0.15) is 4.31 Å². The third-order valence-electron chi connectivity index (χ3n) is 3.87. The van der Waals surface area contributed by atoms with E-state index in [4.69, 9.17) is 4.42 Å². The van der Waals surface area contributed by atoms with Gasteiger partial charge in [0.05, 0.1) is 12.0 Å². The standard InChI is InChI=1S/C15H15NO6S/c1-21-15(18)12-3-2-8-16(12)23(19,20)11-5-6-13-10(9-11)4-7-14(17)22-13/h4-7,9,12H,2-3,8H2,1H3/t12-/m0/s1. The number of fused-ring (bicyclic) bond motifs is 1. The van der Waals surface area contributed by atoms with Crippen molar-refractivity contribution in [3.8, 4) is 0 Å². The van der Waals surface area contributed by atoms with E-state index in [9.17, 15) is 18.0 Å². The van der Waals surface area contributed by atoms with Crippen molar-refractivity contribution in [2.24, 2.45) is 0 Å². The van der Waals surface area contributed by atoms with E-state index >= 15 is 0 Å². The summed E-state index contributed by atoms with van der Waals surface area (Å²) in [6.07, 6.45) is 1.04. The third-order valence-corrected chi connectivity index (χ3v) is 5.78. The molecule has 1 aromatic heterocycles. The maximum absolute atomic E-state index is 12.8. The number of hydrogen-bond acceptors (Lipinski definition) is 6. The monoisotopic (exact) mass is 337 g/mol. The molecule has 7 nitrogen and oxygen atoms in total. The van der Waals surface area contributed by atoms with Crippen molar-refractivity contribution >= 4 is 27.0 Å². The van der Waals surface area contributed by atoms with Crippen LogP contribution in [0.5, 0.6) is 0 Å². The molecule has 0 amide bonds. The summed E-state index contributed by atoms with van der Waals surface area (Å²) >= 11 is 0. The molecule has 1 aromatic carbocycles. The highest BCUT2D eigenvalue weighted by Gasteiger charge is 2.40. The van der Waals surface area contributed by atoms with Gasteiger partial charge in [0.15, 0.2) is 0 Å². The predicted molar refractivity (Wildman–Crippen MR) is 81.4 cm³/mol. The Morgan fingerprint density at radius 1 is 1.30 bits per heavy atom. The fourth-order valence-electron chi connectivity index (χ4n) is 2.75. The molecule has 0 N–H and O–H groups in total. The van der Waals surface area contributed by atoms with Crippen LogP contribution in [0, 0.1) is 0 Å². The maximum atomic E-state index is 12.8. The molecule has 1 aliphatic heterocycles. The van der Waals surface area contributed by atoms with Crippen molar-refractivity contribution in [2.45, 2.75) is 23.8 Å². The highest BCUT2D eigenvalue weighted by Crippen LogP contribution is 2.28. The topological polar surface area (TPSA) is 93.9 Å². The second-order valence-electron chi connectivity index (χ2n) is 5.25. The van der Waals surface area contributed by atoms with Gasteiger partial charge in [0.25, 0.3) is 0 Å². The van der Waals surface area contributed by atoms with Gasteiger partial charge in [-0.15, -0.1) is 0 Å². The van der Waals surface area contributed by atoms with Gasteiger partial charge in [0, 0.05) is 18.0 Å². The number of sulfonamides is 1. The zero-order chi connectivity index (χ0) is 16.6. The molecule has 1 saturated heterocycles. The van der Waals surface area contributed by atoms with Crippen molar-refractivity contribution < 1.29 is 22.4 Å². The van der Waals surface area contributed by atoms with Crippen LogP contribution in [0.1, 0.15) is 12.8 Å². The van der Waals surface area contributed by atoms with Crippen molar-refractivity contribution in [1.82, 2.24) is 4.31 Å². The first-order valence-corrected chi connectivity index (χ1v) is 8.51. The fourth-order valence-corrected chi connectivity index (χ4v) is 4.43. The van der Waals surface area contributed by atoms with Crippen LogP contribution in [-0.2, 0) is 19.6 Å². The Morgan fingerprint density at radius 2 is 2.09 bits per heavy atom. The summed E-state index contributed by atoms with van der Waals surface area (Å²) in [5.41, 5.74) is -0.194. The molecule has 1 aliphatic rings. The lowest BCUT2D eigenvalue weighted by molar-refractivity contribution is -0.144. The van der Waals surface area contributed by atoms with E-state index in [1.807, 2.05) is 0 Å². The van der Waals surface area contributed by atoms with E-state index in [0.717, 1.165) is 0 Å². The molecule has 0 radical (unpaired) electrons. The number of hydrogen-bond donors (Lipinski definition) is 0. The Bertz CT molecular complexity index is 917. The smallest absolute Gasteiger partial charge is 0.336 e. The largest absolute Gasteiger partial charge is 0.468 e. The summed E-state index contributed by atoms with van der Waals surface area (Å²) in [5.74, 6) is -0.558. The van der Waals surface area contributed by atoms with Crippen molar-refractivity contribution in [3.63, 3.8) is 0 Å². The first-order valence-electron chi connectivity index (χ1n) is 7.07. The number of rotatable bonds is 3. The summed E-state index contributed by atoms with van der Waals surface area (Å²) in [6.45, 7) is 0.268. The van der Waals surface area contributed by atoms with E-state index < -0.39 is 27.7 Å². The van der Waals surface area contributed by atoms with Crippen LogP contribution in [0.4, 0.5) is 0 Å². The van der Waals surface area contributed by atoms with Crippen LogP contribution in [0.3, 0.4) is 0 Å². The van der Waals surface area contributed by atoms with Gasteiger partial charge in [-0.1, -0.05) is 0 Å². The molecule has 0 saturated carbocycles. The Kier molecular flexibility index (Phi) is 3.95. The average molecular weight is 337 g/mol. The normalized spacial score (nSPS) is 19.1. The molecule has 8 heteroatoms. The van der Waals surface area contributed by atoms with E-state index in [1.54, 1.807) is 0 Å². The lowest BCUT2D eigenvalue weighted by atomic mass is 10.2. The Balaban J connectivity index is 2.04. The minimum Gasteiger partial charge on any atom is -0.468 e. The molecule has 0 spiro atoms. The second-order valence-corrected chi connectivity index (χ2v) is 7.14. The van der Waals surface area contributed by atoms with Crippen molar-refractivity contribution in [1.29, 1.82) is 0 Å². The quantitative estimate of drug-likeness (QED) is 0.615. The molecular formula is C15H15NO6S. The van der Waals surface area contributed by atoms with Crippen LogP contribution in [0.25, 0.3) is 11.0 Å². The molecule has 2 aromatic rings. The molecule has 0 aliphatic carbocycles. The molecule has 1 atom stereocenters. The predicted octanol–water partition coefficient (Wildman–Crippen LogP) is 1.12. The first kappa shape index (κ1) is 15.7. The van der Waals surface area contributed by atoms with Gasteiger partial charge in [0.2, 0.25) is 10.0 Å². The number of ether oxygens (including phenoxy) is 1. The van der Waals surface area contributed by atoms with Crippen LogP contribution < -0.4 is 5.63 Å². The highest BCUT2D eigenvalue weighted by molar-refractivity contribution is 7.89. The summed E-state index contributed by atoms with van der Waals surface area (Å²) in [4.78, 5) is 23.0. The van der Waals surface area contributed by atoms with Crippen molar-refractivity contribution in [3.05, 3.63) is 40.8 Å². The van der Waals surface area contributed by atoms with Crippen LogP contribution >= 0.6 is 0 Å². The zero-order valence-electron chi connectivity index (χ0n) is 12.4. The fraction of sp³-hybridized carbons (Fsp3) is 0.333. The first-order chi connectivity index (χ1) is 10.9. The summed E-state index contributed by atoms with van der Waals surface area (Å²) < 4.78 is 36.4. The third kappa shape index (κ3) is 2.75. The van der Waals surface area contributed by atoms with Gasteiger partial charge in [0.1, 0.15) is 11.6 Å². The van der Waals surface area contributed by atoms with E-state index in [-0.39, 0.29) is 11.4 Å². The zero-order valence-corrected chi connectivity index (χ0v) is 13.2. The number of carbonyl (C=O) groups is 1. The summed E-state index contributed by atoms with van der Waals surface area (Å²) in [7, 11) is -2.59. The number of esters is 1. The van der Waals surface area contributed by atoms with E-state index in [1.165, 1.54) is 41.7 Å². The molecule has 0 bridgehead atoms. The molecule has 23 heavy (non-hydrogen) atoms. The van der Waals surface area contributed by atoms with Crippen LogP contribution in [-0.4, -0.2) is 38.4 Å². The lowest BCUT2D eigenvalue weighted by Gasteiger charge is -2.22. The SMILES string of the molecule is COC(=O)[C@@H]1CCCN1S(=O)(=O)c1ccc2oc(=O)ccc2c1. The number of methoxy groups -OCH3 is 1. The Labute approximate surface area is 132 Å². The second kappa shape index (κ2) is 5.78. The average Bonchev–Trinajstić information content (AvgIpc) is 3.04. The van der Waals surface area contributed by atoms with Gasteiger partial charge < -0.3 is 9.15 Å². The Hall–Kier alpha value is -2.19. The molecule has 1 fully saturated rings. The maximum Gasteiger partial charge on any atom is 0.336 e.